The lowest BCUT2D eigenvalue weighted by atomic mass is 9.90. The number of nitrogen functional groups attached to an aromatic ring is 1. The number of rotatable bonds is 11. The van der Waals surface area contributed by atoms with Gasteiger partial charge in [-0.3, -0.25) is 4.79 Å². The van der Waals surface area contributed by atoms with Crippen molar-refractivity contribution in [2.45, 2.75) is 38.5 Å². The van der Waals surface area contributed by atoms with Crippen LogP contribution in [-0.2, 0) is 17.6 Å². The van der Waals surface area contributed by atoms with E-state index in [0.29, 0.717) is 35.2 Å². The van der Waals surface area contributed by atoms with Gasteiger partial charge in [-0.25, -0.2) is 0 Å². The van der Waals surface area contributed by atoms with Gasteiger partial charge in [-0.15, -0.1) is 0 Å². The van der Waals surface area contributed by atoms with E-state index in [9.17, 15) is 4.79 Å². The van der Waals surface area contributed by atoms with Gasteiger partial charge in [0.2, 0.25) is 0 Å². The first-order valence-electron chi connectivity index (χ1n) is 11.5. The molecule has 6 nitrogen and oxygen atoms in total. The number of methoxy groups -OCH3 is 3. The first-order valence-corrected chi connectivity index (χ1v) is 11.9. The molecule has 180 valence electrons. The van der Waals surface area contributed by atoms with Crippen molar-refractivity contribution in [2.75, 3.05) is 46.7 Å². The van der Waals surface area contributed by atoms with Crippen LogP contribution in [0.2, 0.25) is 5.02 Å². The Bertz CT molecular complexity index is 942. The molecule has 1 saturated heterocycles. The molecule has 1 aliphatic rings. The summed E-state index contributed by atoms with van der Waals surface area (Å²) in [6.07, 6.45) is 5.14. The highest BCUT2D eigenvalue weighted by Gasteiger charge is 2.22. The second kappa shape index (κ2) is 12.1. The van der Waals surface area contributed by atoms with E-state index in [4.69, 9.17) is 31.5 Å². The number of piperidine rings is 1. The lowest BCUT2D eigenvalue weighted by Gasteiger charge is -2.31. The smallest absolute Gasteiger partial charge is 0.160 e. The van der Waals surface area contributed by atoms with E-state index < -0.39 is 0 Å². The number of halogens is 1. The van der Waals surface area contributed by atoms with Crippen molar-refractivity contribution in [3.63, 3.8) is 0 Å². The maximum atomic E-state index is 12.7. The fourth-order valence-electron chi connectivity index (χ4n) is 4.50. The lowest BCUT2D eigenvalue weighted by molar-refractivity contribution is -0.119. The molecular formula is C26H35ClN2O4. The summed E-state index contributed by atoms with van der Waals surface area (Å²) in [6, 6.07) is 9.55. The van der Waals surface area contributed by atoms with Crippen LogP contribution in [-0.4, -0.2) is 51.6 Å². The van der Waals surface area contributed by atoms with Gasteiger partial charge in [-0.05, 0) is 75.0 Å². The number of ether oxygens (including phenoxy) is 3. The third-order valence-electron chi connectivity index (χ3n) is 6.40. The van der Waals surface area contributed by atoms with E-state index in [-0.39, 0.29) is 5.78 Å². The number of anilines is 1. The summed E-state index contributed by atoms with van der Waals surface area (Å²) >= 11 is 6.13. The summed E-state index contributed by atoms with van der Waals surface area (Å²) in [6.45, 7) is 3.15. The normalized spacial score (nSPS) is 14.8. The van der Waals surface area contributed by atoms with Crippen molar-refractivity contribution in [3.8, 4) is 17.2 Å². The van der Waals surface area contributed by atoms with E-state index in [2.05, 4.69) is 17.0 Å². The molecule has 7 heteroatoms. The molecule has 0 aromatic heterocycles. The van der Waals surface area contributed by atoms with E-state index in [1.165, 1.54) is 5.56 Å². The molecule has 0 atom stereocenters. The number of nitrogens with two attached hydrogens (primary N) is 1. The zero-order valence-electron chi connectivity index (χ0n) is 19.9. The average molecular weight is 475 g/mol. The topological polar surface area (TPSA) is 74.0 Å². The molecule has 0 amide bonds. The Morgan fingerprint density at radius 1 is 1.03 bits per heavy atom. The molecule has 0 bridgehead atoms. The van der Waals surface area contributed by atoms with Crippen LogP contribution < -0.4 is 19.9 Å². The van der Waals surface area contributed by atoms with Crippen molar-refractivity contribution in [2.24, 2.45) is 5.92 Å². The van der Waals surface area contributed by atoms with Crippen molar-refractivity contribution >= 4 is 23.1 Å². The molecule has 1 fully saturated rings. The number of aryl methyl sites for hydroxylation is 1. The molecule has 1 heterocycles. The van der Waals surface area contributed by atoms with Crippen molar-refractivity contribution in [3.05, 3.63) is 46.5 Å². The molecule has 0 saturated carbocycles. The minimum atomic E-state index is 0.223. The maximum Gasteiger partial charge on any atom is 0.160 e. The maximum absolute atomic E-state index is 12.7. The van der Waals surface area contributed by atoms with Crippen LogP contribution in [0.5, 0.6) is 17.2 Å². The molecule has 33 heavy (non-hydrogen) atoms. The molecule has 0 radical (unpaired) electrons. The Balaban J connectivity index is 1.40. The predicted molar refractivity (Wildman–Crippen MR) is 133 cm³/mol. The first kappa shape index (κ1) is 25.2. The van der Waals surface area contributed by atoms with Crippen molar-refractivity contribution in [1.29, 1.82) is 0 Å². The molecule has 0 spiro atoms. The van der Waals surface area contributed by atoms with Crippen molar-refractivity contribution in [1.82, 2.24) is 4.90 Å². The Morgan fingerprint density at radius 3 is 2.39 bits per heavy atom. The van der Waals surface area contributed by atoms with E-state index in [1.54, 1.807) is 33.5 Å². The quantitative estimate of drug-likeness (QED) is 0.472. The Morgan fingerprint density at radius 2 is 1.73 bits per heavy atom. The van der Waals surface area contributed by atoms with Crippen LogP contribution in [0.3, 0.4) is 0 Å². The molecule has 2 aromatic carbocycles. The number of nitrogens with zero attached hydrogens (tertiary/aromatic N) is 1. The Hall–Kier alpha value is -2.44. The highest BCUT2D eigenvalue weighted by Crippen LogP contribution is 2.31. The van der Waals surface area contributed by atoms with Crippen LogP contribution >= 0.6 is 11.6 Å². The highest BCUT2D eigenvalue weighted by molar-refractivity contribution is 6.33. The Labute approximate surface area is 201 Å². The van der Waals surface area contributed by atoms with Gasteiger partial charge in [0.05, 0.1) is 32.0 Å². The number of likely N-dealkylation sites (tertiary alicyclic amines) is 1. The lowest BCUT2D eigenvalue weighted by Crippen LogP contribution is -2.35. The standard InChI is InChI=1S/C26H35ClN2O4/c1-31-24-7-6-18(14-26(24)33-3)5-4-10-29-11-8-19(9-12-29)13-21(30)15-20-16-22(27)23(28)17-25(20)32-2/h6-7,14,16-17,19H,4-5,8-13,15,28H2,1-3H3. The van der Waals surface area contributed by atoms with E-state index >= 15 is 0 Å². The van der Waals surface area contributed by atoms with Gasteiger partial charge in [-0.2, -0.15) is 0 Å². The first-order chi connectivity index (χ1) is 15.9. The summed E-state index contributed by atoms with van der Waals surface area (Å²) < 4.78 is 16.1. The second-order valence-electron chi connectivity index (χ2n) is 8.68. The van der Waals surface area contributed by atoms with Crippen LogP contribution in [0.4, 0.5) is 5.69 Å². The molecule has 3 rings (SSSR count). The SMILES string of the molecule is COc1cc(N)c(Cl)cc1CC(=O)CC1CCN(CCCc2ccc(OC)c(OC)c2)CC1. The van der Waals surface area contributed by atoms with Gasteiger partial charge in [0.1, 0.15) is 11.5 Å². The molecule has 0 unspecified atom stereocenters. The molecule has 1 aliphatic heterocycles. The number of carbonyl (C=O) groups excluding carboxylic acids is 1. The molecule has 2 N–H and O–H groups in total. The minimum absolute atomic E-state index is 0.223. The minimum Gasteiger partial charge on any atom is -0.496 e. The van der Waals surface area contributed by atoms with Crippen LogP contribution in [0.25, 0.3) is 0 Å². The fraction of sp³-hybridized carbons (Fsp3) is 0.500. The molecular weight excluding hydrogens is 440 g/mol. The second-order valence-corrected chi connectivity index (χ2v) is 9.09. The summed E-state index contributed by atoms with van der Waals surface area (Å²) in [7, 11) is 4.90. The molecule has 2 aromatic rings. The average Bonchev–Trinajstić information content (AvgIpc) is 2.82. The van der Waals surface area contributed by atoms with Gasteiger partial charge < -0.3 is 24.8 Å². The van der Waals surface area contributed by atoms with Crippen molar-refractivity contribution < 1.29 is 19.0 Å². The number of ketones is 1. The summed E-state index contributed by atoms with van der Waals surface area (Å²) in [5, 5.41) is 0.458. The van der Waals surface area contributed by atoms with Crippen LogP contribution in [0.15, 0.2) is 30.3 Å². The van der Waals surface area contributed by atoms with Gasteiger partial charge >= 0.3 is 0 Å². The van der Waals surface area contributed by atoms with Gasteiger partial charge in [0.15, 0.2) is 11.5 Å². The zero-order valence-corrected chi connectivity index (χ0v) is 20.6. The zero-order chi connectivity index (χ0) is 23.8. The Kier molecular flexibility index (Phi) is 9.27. The third-order valence-corrected chi connectivity index (χ3v) is 6.73. The monoisotopic (exact) mass is 474 g/mol. The number of Topliss-reactive ketones (excluding diaryl/α,β-unsaturated/α-hetero) is 1. The van der Waals surface area contributed by atoms with Gasteiger partial charge in [0.25, 0.3) is 0 Å². The van der Waals surface area contributed by atoms with Gasteiger partial charge in [-0.1, -0.05) is 17.7 Å². The highest BCUT2D eigenvalue weighted by atomic mass is 35.5. The van der Waals surface area contributed by atoms with Crippen LogP contribution in [0, 0.1) is 5.92 Å². The summed E-state index contributed by atoms with van der Waals surface area (Å²) in [5.74, 6) is 2.82. The third kappa shape index (κ3) is 7.02. The van der Waals surface area contributed by atoms with Gasteiger partial charge in [0, 0.05) is 24.5 Å². The van der Waals surface area contributed by atoms with E-state index in [0.717, 1.165) is 62.4 Å². The number of hydrogen-bond acceptors (Lipinski definition) is 6. The predicted octanol–water partition coefficient (Wildman–Crippen LogP) is 4.79. The summed E-state index contributed by atoms with van der Waals surface area (Å²) in [5.41, 5.74) is 8.36. The number of hydrogen-bond donors (Lipinski definition) is 1. The fourth-order valence-corrected chi connectivity index (χ4v) is 4.69. The van der Waals surface area contributed by atoms with E-state index in [1.807, 2.05) is 6.07 Å². The van der Waals surface area contributed by atoms with Crippen LogP contribution in [0.1, 0.15) is 36.8 Å². The largest absolute Gasteiger partial charge is 0.496 e. The molecule has 0 aliphatic carbocycles. The number of carbonyl (C=O) groups is 1. The summed E-state index contributed by atoms with van der Waals surface area (Å²) in [4.78, 5) is 15.2. The number of benzene rings is 2.